The van der Waals surface area contributed by atoms with Gasteiger partial charge in [-0.15, -0.1) is 0 Å². The third-order valence-corrected chi connectivity index (χ3v) is 8.26. The molecule has 2 heterocycles. The first-order valence-electron chi connectivity index (χ1n) is 8.01. The second-order valence-corrected chi connectivity index (χ2v) is 9.60. The van der Waals surface area contributed by atoms with Crippen LogP contribution in [0.3, 0.4) is 0 Å². The highest BCUT2D eigenvalue weighted by molar-refractivity contribution is 7.89. The molecule has 1 aliphatic heterocycles. The van der Waals surface area contributed by atoms with Gasteiger partial charge in [0.15, 0.2) is 5.13 Å². The van der Waals surface area contributed by atoms with Crippen LogP contribution in [0.15, 0.2) is 47.4 Å². The SMILES string of the molecule is O=S(=O)(c1c(Cl)cccc1Cl)N1CCN(c2nc3ccccc3s2)CC1. The van der Waals surface area contributed by atoms with Gasteiger partial charge in [-0.2, -0.15) is 4.31 Å². The van der Waals surface area contributed by atoms with Crippen LogP contribution < -0.4 is 4.90 Å². The zero-order valence-electron chi connectivity index (χ0n) is 13.6. The Bertz CT molecular complexity index is 1010. The second-order valence-electron chi connectivity index (χ2n) is 5.91. The molecule has 0 atom stereocenters. The Morgan fingerprint density at radius 3 is 2.23 bits per heavy atom. The predicted molar refractivity (Wildman–Crippen MR) is 107 cm³/mol. The number of sulfonamides is 1. The Hall–Kier alpha value is -1.38. The van der Waals surface area contributed by atoms with Crippen molar-refractivity contribution in [1.29, 1.82) is 0 Å². The van der Waals surface area contributed by atoms with Crippen LogP contribution in [0.4, 0.5) is 5.13 Å². The molecule has 0 spiro atoms. The smallest absolute Gasteiger partial charge is 0.246 e. The number of para-hydroxylation sites is 1. The number of piperazine rings is 1. The van der Waals surface area contributed by atoms with Gasteiger partial charge < -0.3 is 4.90 Å². The lowest BCUT2D eigenvalue weighted by atomic mass is 10.3. The van der Waals surface area contributed by atoms with Crippen LogP contribution in [-0.2, 0) is 10.0 Å². The fourth-order valence-electron chi connectivity index (χ4n) is 2.97. The summed E-state index contributed by atoms with van der Waals surface area (Å²) in [7, 11) is -3.73. The monoisotopic (exact) mass is 427 g/mol. The molecule has 136 valence electrons. The van der Waals surface area contributed by atoms with Gasteiger partial charge in [0.05, 0.1) is 20.3 Å². The van der Waals surface area contributed by atoms with Crippen molar-refractivity contribution in [2.75, 3.05) is 31.1 Å². The van der Waals surface area contributed by atoms with E-state index in [4.69, 9.17) is 23.2 Å². The zero-order valence-corrected chi connectivity index (χ0v) is 16.7. The molecule has 1 aliphatic rings. The topological polar surface area (TPSA) is 53.5 Å². The number of hydrogen-bond acceptors (Lipinski definition) is 5. The van der Waals surface area contributed by atoms with Gasteiger partial charge in [0.1, 0.15) is 4.90 Å². The molecule has 9 heteroatoms. The van der Waals surface area contributed by atoms with Crippen molar-refractivity contribution in [3.8, 4) is 0 Å². The molecule has 26 heavy (non-hydrogen) atoms. The van der Waals surface area contributed by atoms with Crippen molar-refractivity contribution in [1.82, 2.24) is 9.29 Å². The van der Waals surface area contributed by atoms with E-state index < -0.39 is 10.0 Å². The highest BCUT2D eigenvalue weighted by Gasteiger charge is 2.32. The summed E-state index contributed by atoms with van der Waals surface area (Å²) in [5.74, 6) is 0. The van der Waals surface area contributed by atoms with Gasteiger partial charge in [-0.3, -0.25) is 0 Å². The number of hydrogen-bond donors (Lipinski definition) is 0. The molecule has 3 aromatic rings. The third kappa shape index (κ3) is 3.18. The molecular weight excluding hydrogens is 413 g/mol. The highest BCUT2D eigenvalue weighted by atomic mass is 35.5. The number of thiazole rings is 1. The molecule has 0 aliphatic carbocycles. The minimum absolute atomic E-state index is 0.0169. The quantitative estimate of drug-likeness (QED) is 0.630. The lowest BCUT2D eigenvalue weighted by Crippen LogP contribution is -2.48. The first-order valence-corrected chi connectivity index (χ1v) is 11.0. The van der Waals surface area contributed by atoms with Crippen molar-refractivity contribution in [2.24, 2.45) is 0 Å². The molecule has 5 nitrogen and oxygen atoms in total. The van der Waals surface area contributed by atoms with E-state index in [1.165, 1.54) is 16.4 Å². The van der Waals surface area contributed by atoms with E-state index in [0.717, 1.165) is 15.3 Å². The average Bonchev–Trinajstić information content (AvgIpc) is 3.05. The maximum Gasteiger partial charge on any atom is 0.246 e. The molecule has 0 amide bonds. The average molecular weight is 428 g/mol. The third-order valence-electron chi connectivity index (χ3n) is 4.31. The van der Waals surface area contributed by atoms with E-state index >= 15 is 0 Å². The summed E-state index contributed by atoms with van der Waals surface area (Å²) in [4.78, 5) is 6.74. The zero-order chi connectivity index (χ0) is 18.3. The summed E-state index contributed by atoms with van der Waals surface area (Å²) in [5, 5.41) is 1.20. The predicted octanol–water partition coefficient (Wildman–Crippen LogP) is 4.11. The van der Waals surface area contributed by atoms with Crippen LogP contribution in [-0.4, -0.2) is 43.9 Å². The summed E-state index contributed by atoms with van der Waals surface area (Å²) >= 11 is 13.8. The first kappa shape index (κ1) is 18.0. The van der Waals surface area contributed by atoms with Crippen LogP contribution in [0.2, 0.25) is 10.0 Å². The number of aromatic nitrogens is 1. The van der Waals surface area contributed by atoms with Crippen LogP contribution in [0, 0.1) is 0 Å². The van der Waals surface area contributed by atoms with Crippen LogP contribution in [0.1, 0.15) is 0 Å². The molecular formula is C17H15Cl2N3O2S2. The summed E-state index contributed by atoms with van der Waals surface area (Å²) in [6.07, 6.45) is 0. The van der Waals surface area contributed by atoms with Crippen LogP contribution in [0.5, 0.6) is 0 Å². The summed E-state index contributed by atoms with van der Waals surface area (Å²) in [5.41, 5.74) is 0.963. The molecule has 1 saturated heterocycles. The van der Waals surface area contributed by atoms with E-state index in [-0.39, 0.29) is 14.9 Å². The number of fused-ring (bicyclic) bond motifs is 1. The van der Waals surface area contributed by atoms with Crippen LogP contribution in [0.25, 0.3) is 10.2 Å². The Balaban J connectivity index is 1.54. The maximum absolute atomic E-state index is 12.9. The van der Waals surface area contributed by atoms with Crippen molar-refractivity contribution in [2.45, 2.75) is 4.90 Å². The lowest BCUT2D eigenvalue weighted by Gasteiger charge is -2.34. The summed E-state index contributed by atoms with van der Waals surface area (Å²) in [6, 6.07) is 12.7. The van der Waals surface area contributed by atoms with Gasteiger partial charge in [0.25, 0.3) is 0 Å². The number of halogens is 2. The number of nitrogens with zero attached hydrogens (tertiary/aromatic N) is 3. The van der Waals surface area contributed by atoms with Gasteiger partial charge >= 0.3 is 0 Å². The van der Waals surface area contributed by atoms with Gasteiger partial charge in [-0.05, 0) is 24.3 Å². The van der Waals surface area contributed by atoms with Crippen molar-refractivity contribution >= 4 is 59.9 Å². The maximum atomic E-state index is 12.9. The van der Waals surface area contributed by atoms with Gasteiger partial charge in [0, 0.05) is 26.2 Å². The Kier molecular flexibility index (Phi) is 4.83. The minimum Gasteiger partial charge on any atom is -0.345 e. The van der Waals surface area contributed by atoms with Gasteiger partial charge in [-0.25, -0.2) is 13.4 Å². The molecule has 0 radical (unpaired) electrons. The van der Waals surface area contributed by atoms with Crippen LogP contribution >= 0.6 is 34.5 Å². The van der Waals surface area contributed by atoms with E-state index in [1.807, 2.05) is 24.3 Å². The van der Waals surface area contributed by atoms with E-state index in [0.29, 0.717) is 26.2 Å². The highest BCUT2D eigenvalue weighted by Crippen LogP contribution is 2.33. The Morgan fingerprint density at radius 2 is 1.58 bits per heavy atom. The molecule has 0 N–H and O–H groups in total. The fraction of sp³-hybridized carbons (Fsp3) is 0.235. The van der Waals surface area contributed by atoms with Crippen molar-refractivity contribution in [3.63, 3.8) is 0 Å². The fourth-order valence-corrected chi connectivity index (χ4v) is 6.50. The molecule has 1 aromatic heterocycles. The summed E-state index contributed by atoms with van der Waals surface area (Å²) < 4.78 is 28.4. The standard InChI is InChI=1S/C17H15Cl2N3O2S2/c18-12-4-3-5-13(19)16(12)26(23,24)22-10-8-21(9-11-22)17-20-14-6-1-2-7-15(14)25-17/h1-7H,8-11H2. The molecule has 2 aromatic carbocycles. The summed E-state index contributed by atoms with van der Waals surface area (Å²) in [6.45, 7) is 1.86. The van der Waals surface area contributed by atoms with Gasteiger partial charge in [0.2, 0.25) is 10.0 Å². The second kappa shape index (κ2) is 6.98. The largest absolute Gasteiger partial charge is 0.345 e. The van der Waals surface area contributed by atoms with E-state index in [1.54, 1.807) is 17.4 Å². The first-order chi connectivity index (χ1) is 12.5. The van der Waals surface area contributed by atoms with Gasteiger partial charge in [-0.1, -0.05) is 52.7 Å². The molecule has 0 unspecified atom stereocenters. The Labute approximate surface area is 165 Å². The van der Waals surface area contributed by atoms with Crippen molar-refractivity contribution in [3.05, 3.63) is 52.5 Å². The van der Waals surface area contributed by atoms with Crippen molar-refractivity contribution < 1.29 is 8.42 Å². The molecule has 4 rings (SSSR count). The normalized spacial score (nSPS) is 16.3. The molecule has 0 saturated carbocycles. The minimum atomic E-state index is -3.73. The van der Waals surface area contributed by atoms with E-state index in [9.17, 15) is 8.42 Å². The molecule has 0 bridgehead atoms. The lowest BCUT2D eigenvalue weighted by molar-refractivity contribution is 0.385. The number of rotatable bonds is 3. The Morgan fingerprint density at radius 1 is 0.923 bits per heavy atom. The van der Waals surface area contributed by atoms with E-state index in [2.05, 4.69) is 9.88 Å². The number of anilines is 1. The molecule has 1 fully saturated rings. The number of benzene rings is 2.